The van der Waals surface area contributed by atoms with Crippen LogP contribution in [-0.2, 0) is 11.3 Å². The van der Waals surface area contributed by atoms with E-state index in [9.17, 15) is 4.79 Å². The van der Waals surface area contributed by atoms with Gasteiger partial charge in [0.25, 0.3) is 0 Å². The zero-order valence-electron chi connectivity index (χ0n) is 13.1. The fourth-order valence-corrected chi connectivity index (χ4v) is 3.29. The van der Waals surface area contributed by atoms with Crippen molar-refractivity contribution in [3.05, 3.63) is 52.3 Å². The van der Waals surface area contributed by atoms with Crippen LogP contribution in [0, 0.1) is 5.92 Å². The fourth-order valence-electron chi connectivity index (χ4n) is 2.82. The molecule has 1 aliphatic rings. The highest BCUT2D eigenvalue weighted by atomic mass is 35.5. The minimum atomic E-state index is -0.0753. The molecule has 0 spiro atoms. The van der Waals surface area contributed by atoms with Crippen molar-refractivity contribution < 1.29 is 4.79 Å². The van der Waals surface area contributed by atoms with Crippen molar-refractivity contribution in [3.8, 4) is 0 Å². The Bertz CT molecular complexity index is 711. The van der Waals surface area contributed by atoms with E-state index in [0.717, 1.165) is 24.9 Å². The lowest BCUT2D eigenvalue weighted by atomic mass is 9.97. The average Bonchev–Trinajstić information content (AvgIpc) is 2.61. The van der Waals surface area contributed by atoms with Crippen molar-refractivity contribution in [1.82, 2.24) is 15.3 Å². The third kappa shape index (κ3) is 4.16. The van der Waals surface area contributed by atoms with E-state index in [-0.39, 0.29) is 11.8 Å². The van der Waals surface area contributed by atoms with Crippen LogP contribution in [0.25, 0.3) is 0 Å². The third-order valence-corrected chi connectivity index (χ3v) is 4.68. The Labute approximate surface area is 151 Å². The van der Waals surface area contributed by atoms with Gasteiger partial charge in [-0.15, -0.1) is 0 Å². The Kier molecular flexibility index (Phi) is 5.53. The molecule has 2 aromatic rings. The molecular weight excluding hydrogens is 347 g/mol. The Morgan fingerprint density at radius 3 is 2.83 bits per heavy atom. The minimum Gasteiger partial charge on any atom is -0.352 e. The topological polar surface area (TPSA) is 58.1 Å². The maximum atomic E-state index is 12.5. The summed E-state index contributed by atoms with van der Waals surface area (Å²) in [7, 11) is 0. The lowest BCUT2D eigenvalue weighted by Crippen LogP contribution is -2.43. The van der Waals surface area contributed by atoms with Crippen LogP contribution in [0.3, 0.4) is 0 Å². The number of rotatable bonds is 4. The SMILES string of the molecule is O=C(NCc1ccc(Cl)cc1Cl)C1CCCN(c2ncccn2)C1. The number of amides is 1. The van der Waals surface area contributed by atoms with Gasteiger partial charge in [0.2, 0.25) is 11.9 Å². The van der Waals surface area contributed by atoms with Crippen LogP contribution < -0.4 is 10.2 Å². The summed E-state index contributed by atoms with van der Waals surface area (Å²) in [5.41, 5.74) is 0.855. The number of carbonyl (C=O) groups excluding carboxylic acids is 1. The Morgan fingerprint density at radius 1 is 1.29 bits per heavy atom. The van der Waals surface area contributed by atoms with Crippen LogP contribution in [0.2, 0.25) is 10.0 Å². The molecule has 5 nitrogen and oxygen atoms in total. The van der Waals surface area contributed by atoms with Crippen LogP contribution in [0.5, 0.6) is 0 Å². The van der Waals surface area contributed by atoms with Gasteiger partial charge >= 0.3 is 0 Å². The van der Waals surface area contributed by atoms with Gasteiger partial charge in [-0.05, 0) is 36.6 Å². The molecule has 0 aliphatic carbocycles. The van der Waals surface area contributed by atoms with Crippen molar-refractivity contribution in [1.29, 1.82) is 0 Å². The van der Waals surface area contributed by atoms with Crippen LogP contribution in [0.4, 0.5) is 5.95 Å². The van der Waals surface area contributed by atoms with E-state index in [1.54, 1.807) is 30.6 Å². The number of hydrogen-bond donors (Lipinski definition) is 1. The molecule has 1 unspecified atom stereocenters. The van der Waals surface area contributed by atoms with Gasteiger partial charge in [-0.3, -0.25) is 4.79 Å². The summed E-state index contributed by atoms with van der Waals surface area (Å²) in [6, 6.07) is 7.06. The van der Waals surface area contributed by atoms with Crippen LogP contribution in [-0.4, -0.2) is 29.0 Å². The van der Waals surface area contributed by atoms with E-state index in [4.69, 9.17) is 23.2 Å². The van der Waals surface area contributed by atoms with E-state index < -0.39 is 0 Å². The quantitative estimate of drug-likeness (QED) is 0.903. The molecule has 0 bridgehead atoms. The molecule has 1 aromatic carbocycles. The van der Waals surface area contributed by atoms with E-state index in [1.165, 1.54) is 0 Å². The minimum absolute atomic E-state index is 0.0293. The van der Waals surface area contributed by atoms with E-state index in [2.05, 4.69) is 20.2 Å². The number of piperidine rings is 1. The third-order valence-electron chi connectivity index (χ3n) is 4.10. The van der Waals surface area contributed by atoms with Gasteiger partial charge in [-0.25, -0.2) is 9.97 Å². The molecule has 1 fully saturated rings. The monoisotopic (exact) mass is 364 g/mol. The number of nitrogens with one attached hydrogen (secondary N) is 1. The first-order valence-electron chi connectivity index (χ1n) is 7.87. The van der Waals surface area contributed by atoms with Gasteiger partial charge in [-0.1, -0.05) is 29.3 Å². The van der Waals surface area contributed by atoms with Crippen LogP contribution >= 0.6 is 23.2 Å². The molecule has 1 atom stereocenters. The summed E-state index contributed by atoms with van der Waals surface area (Å²) in [6.07, 6.45) is 5.24. The van der Waals surface area contributed by atoms with Crippen LogP contribution in [0.1, 0.15) is 18.4 Å². The van der Waals surface area contributed by atoms with Gasteiger partial charge in [0.05, 0.1) is 5.92 Å². The van der Waals surface area contributed by atoms with Gasteiger partial charge in [0.15, 0.2) is 0 Å². The van der Waals surface area contributed by atoms with Gasteiger partial charge < -0.3 is 10.2 Å². The fraction of sp³-hybridized carbons (Fsp3) is 0.353. The zero-order valence-corrected chi connectivity index (χ0v) is 14.6. The molecule has 0 saturated carbocycles. The standard InChI is InChI=1S/C17H18Cl2N4O/c18-14-5-4-12(15(19)9-14)10-22-16(24)13-3-1-8-23(11-13)17-20-6-2-7-21-17/h2,4-7,9,13H,1,3,8,10-11H2,(H,22,24). The van der Waals surface area contributed by atoms with Crippen molar-refractivity contribution in [2.75, 3.05) is 18.0 Å². The second kappa shape index (κ2) is 7.81. The highest BCUT2D eigenvalue weighted by Crippen LogP contribution is 2.22. The summed E-state index contributed by atoms with van der Waals surface area (Å²) in [5, 5.41) is 4.11. The number of carbonyl (C=O) groups is 1. The number of nitrogens with zero attached hydrogens (tertiary/aromatic N) is 3. The molecule has 7 heteroatoms. The average molecular weight is 365 g/mol. The predicted molar refractivity (Wildman–Crippen MR) is 95.3 cm³/mol. The summed E-state index contributed by atoms with van der Waals surface area (Å²) in [4.78, 5) is 23.1. The summed E-state index contributed by atoms with van der Waals surface area (Å²) < 4.78 is 0. The smallest absolute Gasteiger partial charge is 0.225 e. The number of anilines is 1. The molecule has 24 heavy (non-hydrogen) atoms. The first-order chi connectivity index (χ1) is 11.6. The molecular formula is C17H18Cl2N4O. The maximum absolute atomic E-state index is 12.5. The predicted octanol–water partition coefficient (Wildman–Crippen LogP) is 3.32. The van der Waals surface area contributed by atoms with Gasteiger partial charge in [0.1, 0.15) is 0 Å². The summed E-state index contributed by atoms with van der Waals surface area (Å²) in [6.45, 7) is 1.90. The van der Waals surface area contributed by atoms with Gasteiger partial charge in [0, 0.05) is 42.1 Å². The first kappa shape index (κ1) is 17.0. The highest BCUT2D eigenvalue weighted by Gasteiger charge is 2.26. The maximum Gasteiger partial charge on any atom is 0.225 e. The second-order valence-electron chi connectivity index (χ2n) is 5.79. The Hall–Kier alpha value is -1.85. The van der Waals surface area contributed by atoms with E-state index >= 15 is 0 Å². The molecule has 3 rings (SSSR count). The molecule has 1 aliphatic heterocycles. The van der Waals surface area contributed by atoms with E-state index in [0.29, 0.717) is 29.1 Å². The molecule has 126 valence electrons. The summed E-state index contributed by atoms with van der Waals surface area (Å²) >= 11 is 12.0. The number of aromatic nitrogens is 2. The highest BCUT2D eigenvalue weighted by molar-refractivity contribution is 6.35. The molecule has 0 radical (unpaired) electrons. The van der Waals surface area contributed by atoms with Crippen molar-refractivity contribution >= 4 is 35.1 Å². The molecule has 1 aromatic heterocycles. The van der Waals surface area contributed by atoms with Crippen LogP contribution in [0.15, 0.2) is 36.7 Å². The van der Waals surface area contributed by atoms with Gasteiger partial charge in [-0.2, -0.15) is 0 Å². The zero-order chi connectivity index (χ0) is 16.9. The number of halogens is 2. The molecule has 1 amide bonds. The van der Waals surface area contributed by atoms with Crippen molar-refractivity contribution in [2.45, 2.75) is 19.4 Å². The lowest BCUT2D eigenvalue weighted by Gasteiger charge is -2.31. The normalized spacial score (nSPS) is 17.6. The first-order valence-corrected chi connectivity index (χ1v) is 8.62. The van der Waals surface area contributed by atoms with Crippen molar-refractivity contribution in [3.63, 3.8) is 0 Å². The molecule has 2 heterocycles. The van der Waals surface area contributed by atoms with Crippen molar-refractivity contribution in [2.24, 2.45) is 5.92 Å². The Morgan fingerprint density at radius 2 is 2.08 bits per heavy atom. The number of benzene rings is 1. The Balaban J connectivity index is 1.58. The number of hydrogen-bond acceptors (Lipinski definition) is 4. The second-order valence-corrected chi connectivity index (χ2v) is 6.63. The molecule has 1 N–H and O–H groups in total. The molecule has 1 saturated heterocycles. The largest absolute Gasteiger partial charge is 0.352 e. The summed E-state index contributed by atoms with van der Waals surface area (Å²) in [5.74, 6) is 0.631. The van der Waals surface area contributed by atoms with E-state index in [1.807, 2.05) is 6.07 Å². The lowest BCUT2D eigenvalue weighted by molar-refractivity contribution is -0.125.